The van der Waals surface area contributed by atoms with Gasteiger partial charge in [0.05, 0.1) is 11.9 Å². The summed E-state index contributed by atoms with van der Waals surface area (Å²) in [5, 5.41) is 2.87. The lowest BCUT2D eigenvalue weighted by atomic mass is 10.2. The standard InChI is InChI=1S/C18H22N6O/c1-13-6-7-19-18(21-13)24-10-8-23(9-11-24)15-4-5-16(20-12-15)22-17(25)14-2-3-14/h4-7,12,14H,2-3,8-11H2,1H3,(H,20,22,25). The van der Waals surface area contributed by atoms with E-state index in [1.54, 1.807) is 0 Å². The van der Waals surface area contributed by atoms with E-state index in [2.05, 4.69) is 30.1 Å². The first-order valence-electron chi connectivity index (χ1n) is 8.75. The molecule has 0 aromatic carbocycles. The molecule has 7 heteroatoms. The minimum absolute atomic E-state index is 0.0898. The third-order valence-corrected chi connectivity index (χ3v) is 4.66. The number of anilines is 3. The normalized spacial score (nSPS) is 17.5. The molecule has 1 aliphatic carbocycles. The molecule has 0 atom stereocenters. The Morgan fingerprint density at radius 1 is 1.08 bits per heavy atom. The van der Waals surface area contributed by atoms with Gasteiger partial charge in [0, 0.05) is 44.0 Å². The lowest BCUT2D eigenvalue weighted by Gasteiger charge is -2.36. The minimum Gasteiger partial charge on any atom is -0.367 e. The van der Waals surface area contributed by atoms with Crippen molar-refractivity contribution >= 4 is 23.4 Å². The number of aryl methyl sites for hydroxylation is 1. The molecule has 1 saturated heterocycles. The van der Waals surface area contributed by atoms with Crippen LogP contribution in [0.5, 0.6) is 0 Å². The molecular formula is C18H22N6O. The molecule has 4 rings (SSSR count). The van der Waals surface area contributed by atoms with Crippen LogP contribution in [0.2, 0.25) is 0 Å². The number of hydrogen-bond acceptors (Lipinski definition) is 6. The molecule has 0 unspecified atom stereocenters. The summed E-state index contributed by atoms with van der Waals surface area (Å²) < 4.78 is 0. The summed E-state index contributed by atoms with van der Waals surface area (Å²) in [5.74, 6) is 1.72. The molecule has 0 spiro atoms. The highest BCUT2D eigenvalue weighted by molar-refractivity contribution is 5.93. The van der Waals surface area contributed by atoms with Gasteiger partial charge in [-0.25, -0.2) is 15.0 Å². The zero-order valence-electron chi connectivity index (χ0n) is 14.4. The Morgan fingerprint density at radius 3 is 2.48 bits per heavy atom. The molecule has 0 bridgehead atoms. The van der Waals surface area contributed by atoms with Crippen LogP contribution in [0.3, 0.4) is 0 Å². The van der Waals surface area contributed by atoms with Crippen molar-refractivity contribution in [2.75, 3.05) is 41.3 Å². The molecule has 2 fully saturated rings. The third kappa shape index (κ3) is 3.70. The van der Waals surface area contributed by atoms with Gasteiger partial charge in [-0.05, 0) is 38.0 Å². The summed E-state index contributed by atoms with van der Waals surface area (Å²) in [7, 11) is 0. The number of rotatable bonds is 4. The minimum atomic E-state index is 0.0898. The fraction of sp³-hybridized carbons (Fsp3) is 0.444. The zero-order chi connectivity index (χ0) is 17.2. The summed E-state index contributed by atoms with van der Waals surface area (Å²) >= 11 is 0. The maximum absolute atomic E-state index is 11.8. The predicted octanol–water partition coefficient (Wildman–Crippen LogP) is 1.86. The van der Waals surface area contributed by atoms with Gasteiger partial charge in [0.25, 0.3) is 0 Å². The summed E-state index contributed by atoms with van der Waals surface area (Å²) in [6, 6.07) is 5.81. The summed E-state index contributed by atoms with van der Waals surface area (Å²) in [5.41, 5.74) is 2.06. The maximum atomic E-state index is 11.8. The Kier molecular flexibility index (Phi) is 4.21. The highest BCUT2D eigenvalue weighted by Crippen LogP contribution is 2.30. The van der Waals surface area contributed by atoms with Crippen LogP contribution in [0.4, 0.5) is 17.5 Å². The van der Waals surface area contributed by atoms with Crippen molar-refractivity contribution in [3.8, 4) is 0 Å². The van der Waals surface area contributed by atoms with Gasteiger partial charge < -0.3 is 15.1 Å². The van der Waals surface area contributed by atoms with Gasteiger partial charge in [-0.2, -0.15) is 0 Å². The average molecular weight is 338 g/mol. The molecule has 2 aromatic rings. The van der Waals surface area contributed by atoms with E-state index in [0.717, 1.165) is 56.4 Å². The van der Waals surface area contributed by atoms with E-state index in [1.807, 2.05) is 37.5 Å². The molecule has 130 valence electrons. The van der Waals surface area contributed by atoms with Crippen LogP contribution in [0.25, 0.3) is 0 Å². The van der Waals surface area contributed by atoms with Crippen molar-refractivity contribution in [3.05, 3.63) is 36.3 Å². The Bertz CT molecular complexity index is 750. The topological polar surface area (TPSA) is 74.2 Å². The zero-order valence-corrected chi connectivity index (χ0v) is 14.4. The highest BCUT2D eigenvalue weighted by Gasteiger charge is 2.29. The number of piperazine rings is 1. The predicted molar refractivity (Wildman–Crippen MR) is 96.8 cm³/mol. The van der Waals surface area contributed by atoms with E-state index in [0.29, 0.717) is 5.82 Å². The number of carbonyl (C=O) groups excluding carboxylic acids is 1. The van der Waals surface area contributed by atoms with Crippen LogP contribution >= 0.6 is 0 Å². The summed E-state index contributed by atoms with van der Waals surface area (Å²) in [4.78, 5) is 29.5. The second kappa shape index (κ2) is 6.66. The molecule has 1 amide bonds. The van der Waals surface area contributed by atoms with Gasteiger partial charge in [0.2, 0.25) is 11.9 Å². The van der Waals surface area contributed by atoms with E-state index < -0.39 is 0 Å². The summed E-state index contributed by atoms with van der Waals surface area (Å²) in [6.45, 7) is 5.53. The summed E-state index contributed by atoms with van der Waals surface area (Å²) in [6.07, 6.45) is 5.64. The number of carbonyl (C=O) groups is 1. The number of nitrogens with one attached hydrogen (secondary N) is 1. The van der Waals surface area contributed by atoms with Gasteiger partial charge in [-0.1, -0.05) is 0 Å². The van der Waals surface area contributed by atoms with Gasteiger partial charge in [0.1, 0.15) is 5.82 Å². The lowest BCUT2D eigenvalue weighted by Crippen LogP contribution is -2.47. The molecule has 0 radical (unpaired) electrons. The van der Waals surface area contributed by atoms with Crippen LogP contribution in [-0.4, -0.2) is 47.0 Å². The Morgan fingerprint density at radius 2 is 1.84 bits per heavy atom. The van der Waals surface area contributed by atoms with Crippen LogP contribution in [0.1, 0.15) is 18.5 Å². The van der Waals surface area contributed by atoms with E-state index >= 15 is 0 Å². The van der Waals surface area contributed by atoms with Gasteiger partial charge in [-0.15, -0.1) is 0 Å². The number of amides is 1. The molecule has 2 aliphatic rings. The monoisotopic (exact) mass is 338 g/mol. The Labute approximate surface area is 147 Å². The first-order valence-corrected chi connectivity index (χ1v) is 8.75. The number of hydrogen-bond donors (Lipinski definition) is 1. The first kappa shape index (κ1) is 15.8. The van der Waals surface area contributed by atoms with E-state index in [-0.39, 0.29) is 11.8 Å². The second-order valence-electron chi connectivity index (χ2n) is 6.64. The molecule has 1 N–H and O–H groups in total. The number of nitrogens with zero attached hydrogens (tertiary/aromatic N) is 5. The molecule has 2 aromatic heterocycles. The smallest absolute Gasteiger partial charge is 0.228 e. The number of aromatic nitrogens is 3. The van der Waals surface area contributed by atoms with Crippen molar-refractivity contribution in [2.45, 2.75) is 19.8 Å². The van der Waals surface area contributed by atoms with Gasteiger partial charge >= 0.3 is 0 Å². The van der Waals surface area contributed by atoms with Crippen molar-refractivity contribution < 1.29 is 4.79 Å². The Hall–Kier alpha value is -2.70. The van der Waals surface area contributed by atoms with Crippen molar-refractivity contribution in [1.29, 1.82) is 0 Å². The average Bonchev–Trinajstić information content (AvgIpc) is 3.48. The van der Waals surface area contributed by atoms with Crippen molar-refractivity contribution in [2.24, 2.45) is 5.92 Å². The molecule has 7 nitrogen and oxygen atoms in total. The first-order chi connectivity index (χ1) is 12.2. The van der Waals surface area contributed by atoms with Gasteiger partial charge in [-0.3, -0.25) is 4.79 Å². The van der Waals surface area contributed by atoms with Crippen LogP contribution < -0.4 is 15.1 Å². The fourth-order valence-electron chi connectivity index (χ4n) is 2.97. The molecule has 1 saturated carbocycles. The molecule has 25 heavy (non-hydrogen) atoms. The molecule has 1 aliphatic heterocycles. The van der Waals surface area contributed by atoms with Crippen LogP contribution in [0, 0.1) is 12.8 Å². The van der Waals surface area contributed by atoms with Crippen LogP contribution in [-0.2, 0) is 4.79 Å². The number of pyridine rings is 1. The molecule has 3 heterocycles. The highest BCUT2D eigenvalue weighted by atomic mass is 16.2. The Balaban J connectivity index is 1.35. The van der Waals surface area contributed by atoms with Gasteiger partial charge in [0.15, 0.2) is 0 Å². The SMILES string of the molecule is Cc1ccnc(N2CCN(c3ccc(NC(=O)C4CC4)nc3)CC2)n1. The third-order valence-electron chi connectivity index (χ3n) is 4.66. The van der Waals surface area contributed by atoms with E-state index in [1.165, 1.54) is 0 Å². The second-order valence-corrected chi connectivity index (χ2v) is 6.64. The van der Waals surface area contributed by atoms with E-state index in [4.69, 9.17) is 0 Å². The van der Waals surface area contributed by atoms with Crippen molar-refractivity contribution in [3.63, 3.8) is 0 Å². The lowest BCUT2D eigenvalue weighted by molar-refractivity contribution is -0.117. The molecular weight excluding hydrogens is 316 g/mol. The largest absolute Gasteiger partial charge is 0.367 e. The fourth-order valence-corrected chi connectivity index (χ4v) is 2.97. The maximum Gasteiger partial charge on any atom is 0.228 e. The van der Waals surface area contributed by atoms with Crippen LogP contribution in [0.15, 0.2) is 30.6 Å². The van der Waals surface area contributed by atoms with Crippen molar-refractivity contribution in [1.82, 2.24) is 15.0 Å². The van der Waals surface area contributed by atoms with E-state index in [9.17, 15) is 4.79 Å². The quantitative estimate of drug-likeness (QED) is 0.917.